The Morgan fingerprint density at radius 3 is 2.62 bits per heavy atom. The van der Waals surface area contributed by atoms with Crippen LogP contribution in [0.25, 0.3) is 0 Å². The van der Waals surface area contributed by atoms with Crippen LogP contribution < -0.4 is 5.46 Å². The first-order valence-corrected chi connectivity index (χ1v) is 4.44. The minimum absolute atomic E-state index is 0.131. The maximum atomic E-state index is 9.05. The van der Waals surface area contributed by atoms with Gasteiger partial charge in [0.15, 0.2) is 0 Å². The van der Waals surface area contributed by atoms with Crippen molar-refractivity contribution in [3.63, 3.8) is 0 Å². The maximum absolute atomic E-state index is 9.05. The van der Waals surface area contributed by atoms with Gasteiger partial charge in [-0.05, 0) is 12.8 Å². The molecule has 68 valence electrons. The van der Waals surface area contributed by atoms with Gasteiger partial charge in [-0.2, -0.15) is 0 Å². The fraction of sp³-hybridized carbons (Fsp3) is 0.429. The summed E-state index contributed by atoms with van der Waals surface area (Å²) in [6.45, 7) is 0. The van der Waals surface area contributed by atoms with Crippen LogP contribution in [0.1, 0.15) is 24.5 Å². The Morgan fingerprint density at radius 1 is 1.38 bits per heavy atom. The molecule has 1 aromatic rings. The number of hydrogen-bond donors (Lipinski definition) is 2. The molecule has 0 aliphatic heterocycles. The molecule has 13 heavy (non-hydrogen) atoms. The van der Waals surface area contributed by atoms with Crippen molar-refractivity contribution < 1.29 is 10.0 Å². The number of nitrogens with zero attached hydrogens (tertiary/aromatic N) is 2. The quantitative estimate of drug-likeness (QED) is 0.505. The zero-order valence-corrected chi connectivity index (χ0v) is 7.57. The zero-order chi connectivity index (χ0) is 9.42. The molecule has 0 radical (unpaired) electrons. The van der Waals surface area contributed by atoms with Crippen molar-refractivity contribution in [1.82, 2.24) is 9.97 Å². The minimum atomic E-state index is -1.58. The largest absolute Gasteiger partial charge is 0.493 e. The van der Waals surface area contributed by atoms with Crippen LogP contribution >= 0.6 is 11.6 Å². The summed E-state index contributed by atoms with van der Waals surface area (Å²) < 4.78 is 0. The van der Waals surface area contributed by atoms with Gasteiger partial charge in [0, 0.05) is 17.1 Å². The van der Waals surface area contributed by atoms with Crippen LogP contribution in [-0.2, 0) is 0 Å². The fourth-order valence-electron chi connectivity index (χ4n) is 1.31. The highest BCUT2D eigenvalue weighted by atomic mass is 35.5. The first kappa shape index (κ1) is 8.93. The fourth-order valence-corrected chi connectivity index (χ4v) is 1.55. The molecule has 6 heteroatoms. The van der Waals surface area contributed by atoms with Gasteiger partial charge in [0.1, 0.15) is 11.5 Å². The van der Waals surface area contributed by atoms with E-state index in [1.165, 1.54) is 6.33 Å². The Hall–Kier alpha value is -0.645. The van der Waals surface area contributed by atoms with Gasteiger partial charge in [0.05, 0.1) is 0 Å². The van der Waals surface area contributed by atoms with Crippen LogP contribution in [0.3, 0.4) is 0 Å². The van der Waals surface area contributed by atoms with Gasteiger partial charge in [0.25, 0.3) is 0 Å². The van der Waals surface area contributed by atoms with Crippen molar-refractivity contribution >= 4 is 24.2 Å². The monoisotopic (exact) mass is 198 g/mol. The van der Waals surface area contributed by atoms with E-state index in [2.05, 4.69) is 9.97 Å². The van der Waals surface area contributed by atoms with E-state index in [-0.39, 0.29) is 10.6 Å². The Labute approximate surface area is 80.7 Å². The SMILES string of the molecule is OB(O)c1c(Cl)ncnc1C1CC1. The summed E-state index contributed by atoms with van der Waals surface area (Å²) in [6.07, 6.45) is 3.42. The molecule has 0 bridgehead atoms. The molecule has 0 amide bonds. The summed E-state index contributed by atoms with van der Waals surface area (Å²) in [5, 5.41) is 18.2. The normalized spacial score (nSPS) is 15.9. The van der Waals surface area contributed by atoms with E-state index in [4.69, 9.17) is 21.6 Å². The van der Waals surface area contributed by atoms with Crippen molar-refractivity contribution in [3.05, 3.63) is 17.2 Å². The standard InChI is InChI=1S/C7H8BClN2O2/c9-7-5(8(12)13)6(4-1-2-4)10-3-11-7/h3-4,12-13H,1-2H2. The summed E-state index contributed by atoms with van der Waals surface area (Å²) in [4.78, 5) is 7.71. The van der Waals surface area contributed by atoms with Gasteiger partial charge in [-0.15, -0.1) is 0 Å². The second-order valence-electron chi connectivity index (χ2n) is 3.11. The highest BCUT2D eigenvalue weighted by Crippen LogP contribution is 2.38. The summed E-state index contributed by atoms with van der Waals surface area (Å²) in [5.74, 6) is 0.331. The van der Waals surface area contributed by atoms with Gasteiger partial charge in [-0.3, -0.25) is 0 Å². The molecule has 0 aromatic carbocycles. The average Bonchev–Trinajstić information content (AvgIpc) is 2.85. The molecule has 2 N–H and O–H groups in total. The lowest BCUT2D eigenvalue weighted by molar-refractivity contribution is 0.425. The van der Waals surface area contributed by atoms with E-state index in [1.54, 1.807) is 0 Å². The number of aromatic nitrogens is 2. The molecular weight excluding hydrogens is 190 g/mol. The summed E-state index contributed by atoms with van der Waals surface area (Å²) in [7, 11) is -1.58. The molecule has 1 fully saturated rings. The predicted octanol–water partition coefficient (Wildman–Crippen LogP) is -0.313. The van der Waals surface area contributed by atoms with Gasteiger partial charge >= 0.3 is 7.12 Å². The number of rotatable bonds is 2. The van der Waals surface area contributed by atoms with Crippen LogP contribution in [0.2, 0.25) is 5.15 Å². The maximum Gasteiger partial charge on any atom is 0.493 e. The average molecular weight is 198 g/mol. The van der Waals surface area contributed by atoms with E-state index in [1.807, 2.05) is 0 Å². The Bertz CT molecular complexity index is 330. The lowest BCUT2D eigenvalue weighted by atomic mass is 9.79. The van der Waals surface area contributed by atoms with Crippen molar-refractivity contribution in [3.8, 4) is 0 Å². The Morgan fingerprint density at radius 2 is 2.08 bits per heavy atom. The first-order chi connectivity index (χ1) is 6.20. The number of halogens is 1. The molecule has 2 rings (SSSR count). The molecule has 1 aliphatic carbocycles. The van der Waals surface area contributed by atoms with E-state index in [9.17, 15) is 0 Å². The molecule has 4 nitrogen and oxygen atoms in total. The topological polar surface area (TPSA) is 66.2 Å². The third kappa shape index (κ3) is 1.68. The molecule has 1 aromatic heterocycles. The van der Waals surface area contributed by atoms with Crippen LogP contribution in [0.5, 0.6) is 0 Å². The highest BCUT2D eigenvalue weighted by molar-refractivity contribution is 6.62. The molecule has 1 saturated carbocycles. The van der Waals surface area contributed by atoms with Crippen LogP contribution in [0.4, 0.5) is 0 Å². The Balaban J connectivity index is 2.47. The van der Waals surface area contributed by atoms with E-state index >= 15 is 0 Å². The second-order valence-corrected chi connectivity index (χ2v) is 3.47. The van der Waals surface area contributed by atoms with Crippen LogP contribution in [0.15, 0.2) is 6.33 Å². The highest BCUT2D eigenvalue weighted by Gasteiger charge is 2.32. The smallest absolute Gasteiger partial charge is 0.423 e. The van der Waals surface area contributed by atoms with Gasteiger partial charge in [-0.25, -0.2) is 9.97 Å². The summed E-state index contributed by atoms with van der Waals surface area (Å²) in [6, 6.07) is 0. The number of hydrogen-bond acceptors (Lipinski definition) is 4. The van der Waals surface area contributed by atoms with Crippen LogP contribution in [-0.4, -0.2) is 27.1 Å². The molecule has 0 unspecified atom stereocenters. The van der Waals surface area contributed by atoms with E-state index in [0.717, 1.165) is 12.8 Å². The van der Waals surface area contributed by atoms with Gasteiger partial charge < -0.3 is 10.0 Å². The first-order valence-electron chi connectivity index (χ1n) is 4.06. The molecule has 0 saturated heterocycles. The van der Waals surface area contributed by atoms with Crippen molar-refractivity contribution in [2.75, 3.05) is 0 Å². The minimum Gasteiger partial charge on any atom is -0.423 e. The molecule has 1 heterocycles. The van der Waals surface area contributed by atoms with E-state index < -0.39 is 7.12 Å². The van der Waals surface area contributed by atoms with E-state index in [0.29, 0.717) is 11.6 Å². The molecule has 0 atom stereocenters. The lowest BCUT2D eigenvalue weighted by Crippen LogP contribution is -2.35. The van der Waals surface area contributed by atoms with Gasteiger partial charge in [-0.1, -0.05) is 11.6 Å². The lowest BCUT2D eigenvalue weighted by Gasteiger charge is -2.06. The van der Waals surface area contributed by atoms with Crippen molar-refractivity contribution in [1.29, 1.82) is 0 Å². The van der Waals surface area contributed by atoms with Gasteiger partial charge in [0.2, 0.25) is 0 Å². The predicted molar refractivity (Wildman–Crippen MR) is 48.8 cm³/mol. The molecule has 0 spiro atoms. The molecule has 1 aliphatic rings. The molecular formula is C7H8BClN2O2. The zero-order valence-electron chi connectivity index (χ0n) is 6.81. The summed E-state index contributed by atoms with van der Waals surface area (Å²) in [5.41, 5.74) is 0.932. The second kappa shape index (κ2) is 3.25. The third-order valence-electron chi connectivity index (χ3n) is 2.09. The summed E-state index contributed by atoms with van der Waals surface area (Å²) >= 11 is 5.73. The van der Waals surface area contributed by atoms with Crippen molar-refractivity contribution in [2.45, 2.75) is 18.8 Å². The Kier molecular flexibility index (Phi) is 2.23. The van der Waals surface area contributed by atoms with Crippen molar-refractivity contribution in [2.24, 2.45) is 0 Å². The third-order valence-corrected chi connectivity index (χ3v) is 2.39. The van der Waals surface area contributed by atoms with Crippen LogP contribution in [0, 0.1) is 0 Å².